The lowest BCUT2D eigenvalue weighted by Crippen LogP contribution is -2.28. The minimum atomic E-state index is -0.585. The third-order valence-electron chi connectivity index (χ3n) is 4.89. The molecule has 0 aliphatic carbocycles. The van der Waals surface area contributed by atoms with Gasteiger partial charge in [0.1, 0.15) is 0 Å². The Morgan fingerprint density at radius 3 is 1.72 bits per heavy atom. The molecule has 0 fully saturated rings. The molecule has 0 heterocycles. The second kappa shape index (κ2) is 10.4. The molecule has 148 valence electrons. The molecule has 0 saturated heterocycles. The van der Waals surface area contributed by atoms with Gasteiger partial charge in [-0.05, 0) is 29.7 Å². The van der Waals surface area contributed by atoms with Crippen LogP contribution in [-0.2, 0) is 17.9 Å². The van der Waals surface area contributed by atoms with Crippen molar-refractivity contribution in [1.82, 2.24) is 4.90 Å². The lowest BCUT2D eigenvalue weighted by Gasteiger charge is -2.22. The van der Waals surface area contributed by atoms with E-state index in [0.717, 1.165) is 16.7 Å². The van der Waals surface area contributed by atoms with Gasteiger partial charge in [-0.15, -0.1) is 0 Å². The van der Waals surface area contributed by atoms with Crippen LogP contribution in [0.25, 0.3) is 0 Å². The number of hydrogen-bond acceptors (Lipinski definition) is 2. The van der Waals surface area contributed by atoms with E-state index < -0.39 is 6.10 Å². The standard InChI is InChI=1S/C26H27NO2/c1-21(28)25(24-15-9-4-10-16-24)17-18-26(29)27(19-22-11-5-2-6-12-22)20-23-13-7-3-8-14-23/h2-18,21,25,28H,19-20H2,1H3/b18-17+/t21-,25+/m0/s1. The van der Waals surface area contributed by atoms with E-state index in [9.17, 15) is 9.90 Å². The van der Waals surface area contributed by atoms with Gasteiger partial charge in [-0.1, -0.05) is 97.1 Å². The van der Waals surface area contributed by atoms with Crippen molar-refractivity contribution in [2.45, 2.75) is 32.0 Å². The molecule has 0 aliphatic heterocycles. The summed E-state index contributed by atoms with van der Waals surface area (Å²) in [6.07, 6.45) is 2.82. The van der Waals surface area contributed by atoms with Crippen LogP contribution in [0.1, 0.15) is 29.5 Å². The Bertz CT molecular complexity index is 864. The second-order valence-electron chi connectivity index (χ2n) is 7.20. The predicted molar refractivity (Wildman–Crippen MR) is 117 cm³/mol. The Morgan fingerprint density at radius 2 is 1.28 bits per heavy atom. The van der Waals surface area contributed by atoms with E-state index in [1.54, 1.807) is 13.0 Å². The Morgan fingerprint density at radius 1 is 0.828 bits per heavy atom. The summed E-state index contributed by atoms with van der Waals surface area (Å²) in [5.74, 6) is -0.297. The van der Waals surface area contributed by atoms with E-state index in [2.05, 4.69) is 0 Å². The topological polar surface area (TPSA) is 40.5 Å². The first-order valence-corrected chi connectivity index (χ1v) is 9.91. The van der Waals surface area contributed by atoms with Gasteiger partial charge in [-0.3, -0.25) is 4.79 Å². The SMILES string of the molecule is C[C@H](O)[C@@H](/C=C/C(=O)N(Cc1ccccc1)Cc1ccccc1)c1ccccc1. The monoisotopic (exact) mass is 385 g/mol. The third-order valence-corrected chi connectivity index (χ3v) is 4.89. The smallest absolute Gasteiger partial charge is 0.246 e. The molecule has 0 bridgehead atoms. The second-order valence-corrected chi connectivity index (χ2v) is 7.20. The summed E-state index contributed by atoms with van der Waals surface area (Å²) < 4.78 is 0. The van der Waals surface area contributed by atoms with Crippen molar-refractivity contribution in [3.05, 3.63) is 120 Å². The number of carbonyl (C=O) groups excluding carboxylic acids is 1. The van der Waals surface area contributed by atoms with E-state index in [1.165, 1.54) is 0 Å². The molecule has 0 unspecified atom stereocenters. The fourth-order valence-corrected chi connectivity index (χ4v) is 3.34. The molecule has 2 atom stereocenters. The Balaban J connectivity index is 1.80. The Hall–Kier alpha value is -3.17. The van der Waals surface area contributed by atoms with Gasteiger partial charge in [0.05, 0.1) is 6.10 Å². The Labute approximate surface area is 172 Å². The van der Waals surface area contributed by atoms with Crippen LogP contribution in [0.5, 0.6) is 0 Å². The predicted octanol–water partition coefficient (Wildman–Crippen LogP) is 4.94. The molecular weight excluding hydrogens is 358 g/mol. The van der Waals surface area contributed by atoms with Gasteiger partial charge in [0.2, 0.25) is 5.91 Å². The lowest BCUT2D eigenvalue weighted by atomic mass is 9.94. The van der Waals surface area contributed by atoms with Crippen LogP contribution in [0.15, 0.2) is 103 Å². The summed E-state index contributed by atoms with van der Waals surface area (Å²) >= 11 is 0. The molecule has 3 aromatic carbocycles. The quantitative estimate of drug-likeness (QED) is 0.558. The maximum atomic E-state index is 13.1. The number of benzene rings is 3. The molecule has 0 aromatic heterocycles. The molecule has 3 rings (SSSR count). The van der Waals surface area contributed by atoms with Crippen LogP contribution in [0.4, 0.5) is 0 Å². The van der Waals surface area contributed by atoms with Crippen molar-refractivity contribution in [3.63, 3.8) is 0 Å². The first-order chi connectivity index (χ1) is 14.1. The Kier molecular flexibility index (Phi) is 7.37. The first kappa shape index (κ1) is 20.6. The van der Waals surface area contributed by atoms with E-state index in [1.807, 2.05) is 102 Å². The maximum Gasteiger partial charge on any atom is 0.246 e. The number of aliphatic hydroxyl groups is 1. The van der Waals surface area contributed by atoms with Crippen LogP contribution in [0, 0.1) is 0 Å². The van der Waals surface area contributed by atoms with Gasteiger partial charge in [0.25, 0.3) is 0 Å². The molecule has 3 heteroatoms. The number of carbonyl (C=O) groups is 1. The largest absolute Gasteiger partial charge is 0.392 e. The van der Waals surface area contributed by atoms with Crippen molar-refractivity contribution in [2.75, 3.05) is 0 Å². The van der Waals surface area contributed by atoms with Gasteiger partial charge in [0, 0.05) is 19.0 Å². The molecule has 0 saturated carbocycles. The van der Waals surface area contributed by atoms with Crippen LogP contribution in [0.3, 0.4) is 0 Å². The zero-order valence-electron chi connectivity index (χ0n) is 16.7. The van der Waals surface area contributed by atoms with E-state index >= 15 is 0 Å². The number of hydrogen-bond donors (Lipinski definition) is 1. The fraction of sp³-hybridized carbons (Fsp3) is 0.192. The minimum absolute atomic E-state index is 0.0701. The normalized spacial score (nSPS) is 13.2. The molecular formula is C26H27NO2. The lowest BCUT2D eigenvalue weighted by molar-refractivity contribution is -0.127. The van der Waals surface area contributed by atoms with Crippen molar-refractivity contribution in [2.24, 2.45) is 0 Å². The average Bonchev–Trinajstić information content (AvgIpc) is 2.75. The first-order valence-electron chi connectivity index (χ1n) is 9.91. The van der Waals surface area contributed by atoms with Gasteiger partial charge in [-0.25, -0.2) is 0 Å². The van der Waals surface area contributed by atoms with E-state index in [-0.39, 0.29) is 11.8 Å². The van der Waals surface area contributed by atoms with Gasteiger partial charge < -0.3 is 10.0 Å². The number of nitrogens with zero attached hydrogens (tertiary/aromatic N) is 1. The zero-order valence-corrected chi connectivity index (χ0v) is 16.7. The highest BCUT2D eigenvalue weighted by atomic mass is 16.3. The highest BCUT2D eigenvalue weighted by Crippen LogP contribution is 2.21. The fourth-order valence-electron chi connectivity index (χ4n) is 3.34. The third kappa shape index (κ3) is 6.16. The summed E-state index contributed by atoms with van der Waals surface area (Å²) in [5.41, 5.74) is 3.16. The van der Waals surface area contributed by atoms with Gasteiger partial charge in [0.15, 0.2) is 0 Å². The van der Waals surface area contributed by atoms with Crippen LogP contribution < -0.4 is 0 Å². The van der Waals surface area contributed by atoms with Crippen LogP contribution >= 0.6 is 0 Å². The van der Waals surface area contributed by atoms with Crippen molar-refractivity contribution in [3.8, 4) is 0 Å². The molecule has 3 aromatic rings. The van der Waals surface area contributed by atoms with Gasteiger partial charge in [-0.2, -0.15) is 0 Å². The molecule has 0 spiro atoms. The minimum Gasteiger partial charge on any atom is -0.392 e. The summed E-state index contributed by atoms with van der Waals surface area (Å²) in [5, 5.41) is 10.2. The highest BCUT2D eigenvalue weighted by molar-refractivity contribution is 5.87. The summed E-state index contributed by atoms with van der Waals surface area (Å²) in [6.45, 7) is 2.81. The molecule has 0 aliphatic rings. The number of amides is 1. The van der Waals surface area contributed by atoms with Crippen LogP contribution in [0.2, 0.25) is 0 Å². The summed E-state index contributed by atoms with van der Waals surface area (Å²) in [6, 6.07) is 29.7. The van der Waals surface area contributed by atoms with Gasteiger partial charge >= 0.3 is 0 Å². The molecule has 3 nitrogen and oxygen atoms in total. The molecule has 29 heavy (non-hydrogen) atoms. The van der Waals surface area contributed by atoms with Crippen molar-refractivity contribution < 1.29 is 9.90 Å². The maximum absolute atomic E-state index is 13.1. The number of rotatable bonds is 8. The molecule has 0 radical (unpaired) electrons. The zero-order chi connectivity index (χ0) is 20.5. The highest BCUT2D eigenvalue weighted by Gasteiger charge is 2.17. The summed E-state index contributed by atoms with van der Waals surface area (Å²) in [7, 11) is 0. The average molecular weight is 386 g/mol. The molecule has 1 N–H and O–H groups in total. The number of aliphatic hydroxyl groups excluding tert-OH is 1. The van der Waals surface area contributed by atoms with E-state index in [0.29, 0.717) is 13.1 Å². The summed E-state index contributed by atoms with van der Waals surface area (Å²) in [4.78, 5) is 14.9. The van der Waals surface area contributed by atoms with Crippen LogP contribution in [-0.4, -0.2) is 22.0 Å². The van der Waals surface area contributed by atoms with Crippen molar-refractivity contribution >= 4 is 5.91 Å². The van der Waals surface area contributed by atoms with E-state index in [4.69, 9.17) is 0 Å². The van der Waals surface area contributed by atoms with Crippen molar-refractivity contribution in [1.29, 1.82) is 0 Å². The molecule has 1 amide bonds.